The van der Waals surface area contributed by atoms with Crippen molar-refractivity contribution in [2.75, 3.05) is 0 Å². The van der Waals surface area contributed by atoms with Gasteiger partial charge in [0.2, 0.25) is 0 Å². The molecule has 0 saturated heterocycles. The molecule has 4 rings (SSSR count). The molecule has 1 N–H and O–H groups in total. The van der Waals surface area contributed by atoms with Crippen LogP contribution in [-0.4, -0.2) is 14.7 Å². The first-order valence-corrected chi connectivity index (χ1v) is 7.76. The molecule has 4 aromatic rings. The molecule has 2 heterocycles. The molecule has 5 nitrogen and oxygen atoms in total. The van der Waals surface area contributed by atoms with Crippen molar-refractivity contribution < 1.29 is 9.52 Å². The Bertz CT molecular complexity index is 1130. The monoisotopic (exact) mass is 330 g/mol. The highest BCUT2D eigenvalue weighted by molar-refractivity contribution is 5.80. The second-order valence-electron chi connectivity index (χ2n) is 5.47. The third-order valence-electron chi connectivity index (χ3n) is 3.86. The Kier molecular flexibility index (Phi) is 3.67. The van der Waals surface area contributed by atoms with E-state index in [0.29, 0.717) is 28.2 Å². The van der Waals surface area contributed by atoms with E-state index in [1.165, 1.54) is 10.6 Å². The standard InChI is InChI=1S/C20H14N2O3/c23-18-10-4-3-9-17(18)22-19(12-11-14-6-5-13-25-14)21-16-8-2-1-7-15(16)20(22)24/h1-13,23H/b12-11+. The molecule has 25 heavy (non-hydrogen) atoms. The summed E-state index contributed by atoms with van der Waals surface area (Å²) in [6.07, 6.45) is 5.00. The van der Waals surface area contributed by atoms with Crippen LogP contribution in [0, 0.1) is 0 Å². The number of para-hydroxylation sites is 3. The highest BCUT2D eigenvalue weighted by Gasteiger charge is 2.13. The molecule has 122 valence electrons. The summed E-state index contributed by atoms with van der Waals surface area (Å²) in [5.74, 6) is 1.06. The summed E-state index contributed by atoms with van der Waals surface area (Å²) >= 11 is 0. The van der Waals surface area contributed by atoms with Gasteiger partial charge in [0, 0.05) is 0 Å². The van der Waals surface area contributed by atoms with Crippen molar-refractivity contribution in [1.82, 2.24) is 9.55 Å². The van der Waals surface area contributed by atoms with E-state index in [1.807, 2.05) is 6.07 Å². The van der Waals surface area contributed by atoms with E-state index in [2.05, 4.69) is 4.98 Å². The van der Waals surface area contributed by atoms with Crippen molar-refractivity contribution in [2.24, 2.45) is 0 Å². The van der Waals surface area contributed by atoms with Crippen molar-refractivity contribution in [3.05, 3.63) is 88.9 Å². The molecule has 0 amide bonds. The van der Waals surface area contributed by atoms with E-state index in [4.69, 9.17) is 4.42 Å². The topological polar surface area (TPSA) is 68.3 Å². The molecule has 0 unspecified atom stereocenters. The molecule has 2 aromatic carbocycles. The first kappa shape index (κ1) is 15.0. The number of aromatic nitrogens is 2. The van der Waals surface area contributed by atoms with Gasteiger partial charge in [0.25, 0.3) is 5.56 Å². The lowest BCUT2D eigenvalue weighted by atomic mass is 10.2. The summed E-state index contributed by atoms with van der Waals surface area (Å²) in [7, 11) is 0. The third kappa shape index (κ3) is 2.72. The van der Waals surface area contributed by atoms with Gasteiger partial charge in [-0.05, 0) is 48.6 Å². The number of phenols is 1. The molecule has 0 aliphatic heterocycles. The SMILES string of the molecule is O=c1c2ccccc2nc(/C=C/c2ccco2)n1-c1ccccc1O. The summed E-state index contributed by atoms with van der Waals surface area (Å²) in [4.78, 5) is 17.6. The lowest BCUT2D eigenvalue weighted by Gasteiger charge is -2.12. The normalized spacial score (nSPS) is 11.4. The highest BCUT2D eigenvalue weighted by Crippen LogP contribution is 2.22. The number of fused-ring (bicyclic) bond motifs is 1. The van der Waals surface area contributed by atoms with Gasteiger partial charge in [-0.3, -0.25) is 9.36 Å². The molecule has 5 heteroatoms. The van der Waals surface area contributed by atoms with Gasteiger partial charge in [-0.15, -0.1) is 0 Å². The van der Waals surface area contributed by atoms with Gasteiger partial charge in [0.15, 0.2) is 0 Å². The second kappa shape index (κ2) is 6.13. The van der Waals surface area contributed by atoms with Crippen LogP contribution in [0.2, 0.25) is 0 Å². The predicted molar refractivity (Wildman–Crippen MR) is 96.6 cm³/mol. The summed E-state index contributed by atoms with van der Waals surface area (Å²) in [5, 5.41) is 10.7. The smallest absolute Gasteiger partial charge is 0.266 e. The second-order valence-corrected chi connectivity index (χ2v) is 5.47. The minimum Gasteiger partial charge on any atom is -0.506 e. The third-order valence-corrected chi connectivity index (χ3v) is 3.86. The quantitative estimate of drug-likeness (QED) is 0.619. The maximum atomic E-state index is 13.0. The molecule has 0 spiro atoms. The lowest BCUT2D eigenvalue weighted by Crippen LogP contribution is -2.22. The largest absolute Gasteiger partial charge is 0.506 e. The van der Waals surface area contributed by atoms with Crippen LogP contribution in [0.3, 0.4) is 0 Å². The number of hydrogen-bond acceptors (Lipinski definition) is 4. The molecule has 0 saturated carbocycles. The van der Waals surface area contributed by atoms with Crippen molar-refractivity contribution in [1.29, 1.82) is 0 Å². The average molecular weight is 330 g/mol. The molecule has 0 aliphatic rings. The van der Waals surface area contributed by atoms with E-state index in [9.17, 15) is 9.90 Å². The van der Waals surface area contributed by atoms with E-state index < -0.39 is 0 Å². The van der Waals surface area contributed by atoms with Gasteiger partial charge in [0.05, 0.1) is 22.9 Å². The van der Waals surface area contributed by atoms with Crippen LogP contribution >= 0.6 is 0 Å². The van der Waals surface area contributed by atoms with Crippen molar-refractivity contribution >= 4 is 23.1 Å². The van der Waals surface area contributed by atoms with Gasteiger partial charge in [-0.1, -0.05) is 24.3 Å². The highest BCUT2D eigenvalue weighted by atomic mass is 16.3. The van der Waals surface area contributed by atoms with Crippen molar-refractivity contribution in [2.45, 2.75) is 0 Å². The predicted octanol–water partition coefficient (Wildman–Crippen LogP) is 3.85. The molecule has 2 aromatic heterocycles. The minimum atomic E-state index is -0.244. The fourth-order valence-corrected chi connectivity index (χ4v) is 2.69. The number of aromatic hydroxyl groups is 1. The zero-order chi connectivity index (χ0) is 17.2. The molecular formula is C20H14N2O3. The van der Waals surface area contributed by atoms with Crippen LogP contribution in [0.15, 0.2) is 76.1 Å². The molecular weight excluding hydrogens is 316 g/mol. The van der Waals surface area contributed by atoms with Crippen LogP contribution in [0.25, 0.3) is 28.7 Å². The summed E-state index contributed by atoms with van der Waals surface area (Å²) < 4.78 is 6.69. The van der Waals surface area contributed by atoms with Crippen LogP contribution in [-0.2, 0) is 0 Å². The van der Waals surface area contributed by atoms with Crippen LogP contribution in [0.5, 0.6) is 5.75 Å². The summed E-state index contributed by atoms with van der Waals surface area (Å²) in [5.41, 5.74) is 0.731. The van der Waals surface area contributed by atoms with Gasteiger partial charge in [0.1, 0.15) is 17.3 Å². The molecule has 0 atom stereocenters. The number of nitrogens with zero attached hydrogens (tertiary/aromatic N) is 2. The molecule has 0 bridgehead atoms. The van der Waals surface area contributed by atoms with Crippen LogP contribution in [0.4, 0.5) is 0 Å². The average Bonchev–Trinajstić information content (AvgIpc) is 3.15. The Morgan fingerprint density at radius 3 is 2.56 bits per heavy atom. The number of rotatable bonds is 3. The zero-order valence-electron chi connectivity index (χ0n) is 13.2. The van der Waals surface area contributed by atoms with Crippen LogP contribution in [0.1, 0.15) is 11.6 Å². The maximum absolute atomic E-state index is 13.0. The molecule has 0 radical (unpaired) electrons. The fraction of sp³-hybridized carbons (Fsp3) is 0. The van der Waals surface area contributed by atoms with E-state index in [-0.39, 0.29) is 11.3 Å². The Labute approximate surface area is 143 Å². The number of benzene rings is 2. The van der Waals surface area contributed by atoms with E-state index in [1.54, 1.807) is 66.9 Å². The van der Waals surface area contributed by atoms with Crippen molar-refractivity contribution in [3.8, 4) is 11.4 Å². The van der Waals surface area contributed by atoms with E-state index >= 15 is 0 Å². The van der Waals surface area contributed by atoms with E-state index in [0.717, 1.165) is 0 Å². The maximum Gasteiger partial charge on any atom is 0.266 e. The first-order valence-electron chi connectivity index (χ1n) is 7.76. The fourth-order valence-electron chi connectivity index (χ4n) is 2.69. The van der Waals surface area contributed by atoms with Crippen LogP contribution < -0.4 is 5.56 Å². The van der Waals surface area contributed by atoms with Gasteiger partial charge in [-0.25, -0.2) is 4.98 Å². The summed E-state index contributed by atoms with van der Waals surface area (Å²) in [6, 6.07) is 17.4. The Balaban J connectivity index is 2.01. The summed E-state index contributed by atoms with van der Waals surface area (Å²) in [6.45, 7) is 0. The number of furan rings is 1. The number of hydrogen-bond donors (Lipinski definition) is 1. The minimum absolute atomic E-state index is 0.00864. The van der Waals surface area contributed by atoms with Gasteiger partial charge >= 0.3 is 0 Å². The number of phenolic OH excluding ortho intramolecular Hbond substituents is 1. The van der Waals surface area contributed by atoms with Gasteiger partial charge in [-0.2, -0.15) is 0 Å². The van der Waals surface area contributed by atoms with Crippen molar-refractivity contribution in [3.63, 3.8) is 0 Å². The Hall–Kier alpha value is -3.60. The molecule has 0 fully saturated rings. The zero-order valence-corrected chi connectivity index (χ0v) is 13.2. The lowest BCUT2D eigenvalue weighted by molar-refractivity contribution is 0.471. The Morgan fingerprint density at radius 1 is 0.960 bits per heavy atom. The Morgan fingerprint density at radius 2 is 1.76 bits per heavy atom. The molecule has 0 aliphatic carbocycles. The first-order chi connectivity index (χ1) is 12.2. The van der Waals surface area contributed by atoms with Gasteiger partial charge < -0.3 is 9.52 Å².